The van der Waals surface area contributed by atoms with Crippen molar-refractivity contribution in [2.24, 2.45) is 11.7 Å². The Labute approximate surface area is 113 Å². The van der Waals surface area contributed by atoms with Gasteiger partial charge in [-0.25, -0.2) is 4.98 Å². The number of hydrogen-bond acceptors (Lipinski definition) is 4. The van der Waals surface area contributed by atoms with Crippen molar-refractivity contribution in [2.75, 3.05) is 31.7 Å². The molecule has 0 bridgehead atoms. The van der Waals surface area contributed by atoms with Gasteiger partial charge in [-0.3, -0.25) is 0 Å². The van der Waals surface area contributed by atoms with E-state index >= 15 is 0 Å². The molecule has 1 aliphatic heterocycles. The summed E-state index contributed by atoms with van der Waals surface area (Å²) in [5.74, 6) is 1.60. The summed E-state index contributed by atoms with van der Waals surface area (Å²) < 4.78 is 5.37. The minimum Gasteiger partial charge on any atom is -0.389 e. The molecule has 1 aromatic heterocycles. The fraction of sp³-hybridized carbons (Fsp3) is 0.538. The maximum absolute atomic E-state index is 5.64. The molecule has 1 aliphatic rings. The van der Waals surface area contributed by atoms with Crippen molar-refractivity contribution in [3.63, 3.8) is 0 Å². The quantitative estimate of drug-likeness (QED) is 0.838. The molecule has 2 N–H and O–H groups in total. The topological polar surface area (TPSA) is 51.4 Å². The normalized spacial score (nSPS) is 16.5. The van der Waals surface area contributed by atoms with Gasteiger partial charge >= 0.3 is 0 Å². The Morgan fingerprint density at radius 3 is 2.94 bits per heavy atom. The van der Waals surface area contributed by atoms with Crippen molar-refractivity contribution in [3.05, 3.63) is 23.9 Å². The molecule has 0 aliphatic carbocycles. The summed E-state index contributed by atoms with van der Waals surface area (Å²) in [4.78, 5) is 6.95. The SMILES string of the molecule is CN(CC1CCOCC1)c1cc(C(N)=S)ccn1. The minimum absolute atomic E-state index is 0.415. The van der Waals surface area contributed by atoms with Crippen molar-refractivity contribution >= 4 is 23.0 Å². The van der Waals surface area contributed by atoms with Crippen LogP contribution in [0.2, 0.25) is 0 Å². The van der Waals surface area contributed by atoms with Gasteiger partial charge in [0.2, 0.25) is 0 Å². The molecule has 0 atom stereocenters. The summed E-state index contributed by atoms with van der Waals surface area (Å²) >= 11 is 4.98. The molecule has 1 aromatic rings. The number of thiocarbonyl (C=S) groups is 1. The highest BCUT2D eigenvalue weighted by Gasteiger charge is 2.16. The van der Waals surface area contributed by atoms with E-state index < -0.39 is 0 Å². The number of nitrogens with zero attached hydrogens (tertiary/aromatic N) is 2. The van der Waals surface area contributed by atoms with E-state index in [1.165, 1.54) is 0 Å². The van der Waals surface area contributed by atoms with Gasteiger partial charge in [-0.1, -0.05) is 12.2 Å². The molecule has 5 heteroatoms. The monoisotopic (exact) mass is 265 g/mol. The van der Waals surface area contributed by atoms with E-state index in [-0.39, 0.29) is 0 Å². The summed E-state index contributed by atoms with van der Waals surface area (Å²) in [6, 6.07) is 3.79. The van der Waals surface area contributed by atoms with Crippen LogP contribution in [0.1, 0.15) is 18.4 Å². The van der Waals surface area contributed by atoms with Crippen LogP contribution in [0.4, 0.5) is 5.82 Å². The maximum Gasteiger partial charge on any atom is 0.128 e. The van der Waals surface area contributed by atoms with E-state index in [4.69, 9.17) is 22.7 Å². The number of nitrogens with two attached hydrogens (primary N) is 1. The van der Waals surface area contributed by atoms with Gasteiger partial charge in [0.15, 0.2) is 0 Å². The molecule has 1 fully saturated rings. The lowest BCUT2D eigenvalue weighted by molar-refractivity contribution is 0.0685. The molecule has 2 heterocycles. The van der Waals surface area contributed by atoms with Gasteiger partial charge < -0.3 is 15.4 Å². The van der Waals surface area contributed by atoms with Crippen molar-refractivity contribution in [3.8, 4) is 0 Å². The smallest absolute Gasteiger partial charge is 0.128 e. The molecular formula is C13H19N3OS. The third kappa shape index (κ3) is 3.40. The van der Waals surface area contributed by atoms with Gasteiger partial charge in [-0.2, -0.15) is 0 Å². The number of ether oxygens (including phenoxy) is 1. The van der Waals surface area contributed by atoms with E-state index in [1.807, 2.05) is 12.1 Å². The zero-order chi connectivity index (χ0) is 13.0. The summed E-state index contributed by atoms with van der Waals surface area (Å²) in [6.45, 7) is 2.74. The second-order valence-corrected chi connectivity index (χ2v) is 5.14. The highest BCUT2D eigenvalue weighted by molar-refractivity contribution is 7.80. The summed E-state index contributed by atoms with van der Waals surface area (Å²) in [6.07, 6.45) is 4.00. The van der Waals surface area contributed by atoms with Crippen LogP contribution >= 0.6 is 12.2 Å². The number of rotatable bonds is 4. The Kier molecular flexibility index (Phi) is 4.49. The van der Waals surface area contributed by atoms with Gasteiger partial charge in [0.25, 0.3) is 0 Å². The van der Waals surface area contributed by atoms with Crippen molar-refractivity contribution in [1.82, 2.24) is 4.98 Å². The molecule has 18 heavy (non-hydrogen) atoms. The largest absolute Gasteiger partial charge is 0.389 e. The fourth-order valence-corrected chi connectivity index (χ4v) is 2.32. The second kappa shape index (κ2) is 6.11. The van der Waals surface area contributed by atoms with Crippen LogP contribution in [-0.4, -0.2) is 36.8 Å². The summed E-state index contributed by atoms with van der Waals surface area (Å²) in [5, 5.41) is 0. The summed E-state index contributed by atoms with van der Waals surface area (Å²) in [7, 11) is 2.06. The van der Waals surface area contributed by atoms with Crippen LogP contribution in [0.25, 0.3) is 0 Å². The number of hydrogen-bond donors (Lipinski definition) is 1. The zero-order valence-corrected chi connectivity index (χ0v) is 11.4. The first kappa shape index (κ1) is 13.2. The van der Waals surface area contributed by atoms with E-state index in [1.54, 1.807) is 6.20 Å². The van der Waals surface area contributed by atoms with Crippen molar-refractivity contribution in [2.45, 2.75) is 12.8 Å². The Morgan fingerprint density at radius 2 is 2.28 bits per heavy atom. The number of aromatic nitrogens is 1. The van der Waals surface area contributed by atoms with Gasteiger partial charge in [-0.05, 0) is 30.9 Å². The second-order valence-electron chi connectivity index (χ2n) is 4.70. The third-order valence-electron chi connectivity index (χ3n) is 3.29. The maximum atomic E-state index is 5.64. The molecule has 0 unspecified atom stereocenters. The first-order valence-corrected chi connectivity index (χ1v) is 6.62. The Hall–Kier alpha value is -1.20. The van der Waals surface area contributed by atoms with Gasteiger partial charge in [0.1, 0.15) is 10.8 Å². The average Bonchev–Trinajstić information content (AvgIpc) is 2.40. The zero-order valence-electron chi connectivity index (χ0n) is 10.6. The number of anilines is 1. The van der Waals surface area contributed by atoms with E-state index in [9.17, 15) is 0 Å². The molecule has 98 valence electrons. The lowest BCUT2D eigenvalue weighted by Gasteiger charge is -2.27. The van der Waals surface area contributed by atoms with E-state index in [0.29, 0.717) is 10.9 Å². The Morgan fingerprint density at radius 1 is 1.56 bits per heavy atom. The highest BCUT2D eigenvalue weighted by atomic mass is 32.1. The van der Waals surface area contributed by atoms with Gasteiger partial charge in [0.05, 0.1) is 0 Å². The lowest BCUT2D eigenvalue weighted by Crippen LogP contribution is -2.30. The Balaban J connectivity index is 2.01. The Bertz CT molecular complexity index is 418. The van der Waals surface area contributed by atoms with Crippen LogP contribution in [0.3, 0.4) is 0 Å². The highest BCUT2D eigenvalue weighted by Crippen LogP contribution is 2.19. The molecular weight excluding hydrogens is 246 g/mol. The van der Waals surface area contributed by atoms with Crippen LogP contribution in [0.5, 0.6) is 0 Å². The van der Waals surface area contributed by atoms with E-state index in [2.05, 4.69) is 16.9 Å². The molecule has 0 spiro atoms. The van der Waals surface area contributed by atoms with Crippen LogP contribution in [0.15, 0.2) is 18.3 Å². The van der Waals surface area contributed by atoms with Crippen molar-refractivity contribution in [1.29, 1.82) is 0 Å². The first-order valence-electron chi connectivity index (χ1n) is 6.21. The van der Waals surface area contributed by atoms with Gasteiger partial charge in [-0.15, -0.1) is 0 Å². The average molecular weight is 265 g/mol. The van der Waals surface area contributed by atoms with Crippen molar-refractivity contribution < 1.29 is 4.74 Å². The van der Waals surface area contributed by atoms with Crippen LogP contribution in [0, 0.1) is 5.92 Å². The molecule has 0 radical (unpaired) electrons. The lowest BCUT2D eigenvalue weighted by atomic mass is 10.00. The first-order chi connectivity index (χ1) is 8.66. The predicted octanol–water partition coefficient (Wildman–Crippen LogP) is 1.58. The van der Waals surface area contributed by atoms with Crippen LogP contribution < -0.4 is 10.6 Å². The molecule has 2 rings (SSSR count). The van der Waals surface area contributed by atoms with Gasteiger partial charge in [0, 0.05) is 38.6 Å². The molecule has 4 nitrogen and oxygen atoms in total. The molecule has 0 amide bonds. The fourth-order valence-electron chi connectivity index (χ4n) is 2.19. The van der Waals surface area contributed by atoms with E-state index in [0.717, 1.165) is 44.0 Å². The molecule has 1 saturated heterocycles. The minimum atomic E-state index is 0.415. The standard InChI is InChI=1S/C13H19N3OS/c1-16(9-10-3-6-17-7-4-10)12-8-11(13(14)18)2-5-15-12/h2,5,8,10H,3-4,6-7,9H2,1H3,(H2,14,18). The molecule has 0 aromatic carbocycles. The van der Waals surface area contributed by atoms with Crippen LogP contribution in [-0.2, 0) is 4.74 Å². The summed E-state index contributed by atoms with van der Waals surface area (Å²) in [5.41, 5.74) is 6.50. The number of pyridine rings is 1. The molecule has 0 saturated carbocycles. The third-order valence-corrected chi connectivity index (χ3v) is 3.53. The predicted molar refractivity (Wildman–Crippen MR) is 76.9 cm³/mol.